The van der Waals surface area contributed by atoms with Crippen LogP contribution in [-0.4, -0.2) is 10.9 Å². The van der Waals surface area contributed by atoms with Crippen molar-refractivity contribution < 1.29 is 9.60 Å². The van der Waals surface area contributed by atoms with E-state index < -0.39 is 5.82 Å². The lowest BCUT2D eigenvalue weighted by atomic mass is 10.1. The molecule has 0 aliphatic rings. The summed E-state index contributed by atoms with van der Waals surface area (Å²) in [7, 11) is 0. The highest BCUT2D eigenvalue weighted by Crippen LogP contribution is 2.24. The summed E-state index contributed by atoms with van der Waals surface area (Å²) in [5, 5.41) is 11.5. The molecule has 5 heteroatoms. The van der Waals surface area contributed by atoms with Crippen molar-refractivity contribution in [1.82, 2.24) is 0 Å². The van der Waals surface area contributed by atoms with E-state index in [-0.39, 0.29) is 15.8 Å². The molecular formula is C8H6Cl2FNO. The third-order valence-corrected chi connectivity index (χ3v) is 2.15. The molecule has 1 rings (SSSR count). The Labute approximate surface area is 84.6 Å². The molecule has 70 valence electrons. The van der Waals surface area contributed by atoms with Crippen molar-refractivity contribution in [3.05, 3.63) is 33.6 Å². The van der Waals surface area contributed by atoms with E-state index in [9.17, 15) is 4.39 Å². The summed E-state index contributed by atoms with van der Waals surface area (Å²) >= 11 is 11.2. The molecular weight excluding hydrogens is 216 g/mol. The van der Waals surface area contributed by atoms with E-state index in [0.717, 1.165) is 6.07 Å². The van der Waals surface area contributed by atoms with Gasteiger partial charge in [0.2, 0.25) is 0 Å². The molecule has 0 aromatic heterocycles. The minimum absolute atomic E-state index is 0.0533. The van der Waals surface area contributed by atoms with Crippen molar-refractivity contribution in [3.63, 3.8) is 0 Å². The molecule has 0 heterocycles. The van der Waals surface area contributed by atoms with E-state index in [1.54, 1.807) is 0 Å². The van der Waals surface area contributed by atoms with Crippen molar-refractivity contribution in [2.75, 3.05) is 0 Å². The molecule has 13 heavy (non-hydrogen) atoms. The maximum absolute atomic E-state index is 12.8. The van der Waals surface area contributed by atoms with Gasteiger partial charge >= 0.3 is 0 Å². The van der Waals surface area contributed by atoms with Crippen LogP contribution in [0.5, 0.6) is 0 Å². The Balaban J connectivity index is 3.32. The molecule has 0 aliphatic carbocycles. The summed E-state index contributed by atoms with van der Waals surface area (Å²) in [5.41, 5.74) is 0.697. The summed E-state index contributed by atoms with van der Waals surface area (Å²) in [6.45, 7) is 1.54. The Hall–Kier alpha value is -0.800. The first-order valence-electron chi connectivity index (χ1n) is 3.40. The Kier molecular flexibility index (Phi) is 3.12. The van der Waals surface area contributed by atoms with E-state index in [2.05, 4.69) is 5.16 Å². The summed E-state index contributed by atoms with van der Waals surface area (Å²) < 4.78 is 12.8. The maximum Gasteiger partial charge on any atom is 0.143 e. The SMILES string of the molecule is C/C(=N\O)c1cc(Cl)c(F)cc1Cl. The fourth-order valence-corrected chi connectivity index (χ4v) is 1.30. The number of benzene rings is 1. The number of rotatable bonds is 1. The van der Waals surface area contributed by atoms with Gasteiger partial charge in [-0.15, -0.1) is 0 Å². The lowest BCUT2D eigenvalue weighted by Crippen LogP contribution is -1.96. The van der Waals surface area contributed by atoms with E-state index >= 15 is 0 Å². The lowest BCUT2D eigenvalue weighted by molar-refractivity contribution is 0.319. The Morgan fingerprint density at radius 2 is 2.00 bits per heavy atom. The predicted octanol–water partition coefficient (Wildman–Crippen LogP) is 3.33. The van der Waals surface area contributed by atoms with Crippen LogP contribution in [-0.2, 0) is 0 Å². The van der Waals surface area contributed by atoms with Crippen LogP contribution < -0.4 is 0 Å². The topological polar surface area (TPSA) is 32.6 Å². The molecule has 1 aromatic rings. The quantitative estimate of drug-likeness (QED) is 0.336. The Morgan fingerprint density at radius 3 is 2.54 bits per heavy atom. The second-order valence-electron chi connectivity index (χ2n) is 2.43. The second kappa shape index (κ2) is 3.94. The summed E-state index contributed by atoms with van der Waals surface area (Å²) in [5.74, 6) is -0.596. The largest absolute Gasteiger partial charge is 0.411 e. The zero-order chi connectivity index (χ0) is 10.0. The minimum atomic E-state index is -0.596. The fraction of sp³-hybridized carbons (Fsp3) is 0.125. The number of nitrogens with zero attached hydrogens (tertiary/aromatic N) is 1. The molecule has 0 radical (unpaired) electrons. The monoisotopic (exact) mass is 221 g/mol. The molecule has 0 spiro atoms. The van der Waals surface area contributed by atoms with Gasteiger partial charge in [0.05, 0.1) is 15.8 Å². The highest BCUT2D eigenvalue weighted by molar-refractivity contribution is 6.36. The van der Waals surface area contributed by atoms with Crippen LogP contribution in [0.15, 0.2) is 17.3 Å². The predicted molar refractivity (Wildman–Crippen MR) is 50.4 cm³/mol. The highest BCUT2D eigenvalue weighted by atomic mass is 35.5. The minimum Gasteiger partial charge on any atom is -0.411 e. The van der Waals surface area contributed by atoms with Crippen molar-refractivity contribution >= 4 is 28.9 Å². The molecule has 0 aliphatic heterocycles. The second-order valence-corrected chi connectivity index (χ2v) is 3.25. The van der Waals surface area contributed by atoms with Gasteiger partial charge in [-0.3, -0.25) is 0 Å². The third kappa shape index (κ3) is 2.11. The van der Waals surface area contributed by atoms with Crippen LogP contribution in [0.4, 0.5) is 4.39 Å². The van der Waals surface area contributed by atoms with Gasteiger partial charge in [0, 0.05) is 5.56 Å². The molecule has 0 atom stereocenters. The zero-order valence-electron chi connectivity index (χ0n) is 6.68. The van der Waals surface area contributed by atoms with Crippen LogP contribution >= 0.6 is 23.2 Å². The fourth-order valence-electron chi connectivity index (χ4n) is 0.854. The van der Waals surface area contributed by atoms with Crippen LogP contribution in [0.1, 0.15) is 12.5 Å². The molecule has 0 unspecified atom stereocenters. The summed E-state index contributed by atoms with van der Waals surface area (Å²) in [6.07, 6.45) is 0. The van der Waals surface area contributed by atoms with Crippen LogP contribution in [0.25, 0.3) is 0 Å². The number of hydrogen-bond acceptors (Lipinski definition) is 2. The normalized spacial score (nSPS) is 11.8. The van der Waals surface area contributed by atoms with Crippen LogP contribution in [0.2, 0.25) is 10.0 Å². The number of oxime groups is 1. The van der Waals surface area contributed by atoms with Crippen molar-refractivity contribution in [3.8, 4) is 0 Å². The van der Waals surface area contributed by atoms with Crippen LogP contribution in [0.3, 0.4) is 0 Å². The first kappa shape index (κ1) is 10.3. The first-order chi connectivity index (χ1) is 6.06. The molecule has 0 fully saturated rings. The molecule has 0 amide bonds. The van der Waals surface area contributed by atoms with E-state index in [0.29, 0.717) is 5.56 Å². The van der Waals surface area contributed by atoms with Gasteiger partial charge in [0.15, 0.2) is 0 Å². The molecule has 1 aromatic carbocycles. The van der Waals surface area contributed by atoms with Gasteiger partial charge in [-0.1, -0.05) is 28.4 Å². The Morgan fingerprint density at radius 1 is 1.38 bits per heavy atom. The third-order valence-electron chi connectivity index (χ3n) is 1.55. The van der Waals surface area contributed by atoms with E-state index in [4.69, 9.17) is 28.4 Å². The van der Waals surface area contributed by atoms with E-state index in [1.165, 1.54) is 13.0 Å². The summed E-state index contributed by atoms with van der Waals surface area (Å²) in [4.78, 5) is 0. The average molecular weight is 222 g/mol. The maximum atomic E-state index is 12.8. The first-order valence-corrected chi connectivity index (χ1v) is 4.15. The molecule has 0 bridgehead atoms. The van der Waals surface area contributed by atoms with Gasteiger partial charge in [0.1, 0.15) is 5.82 Å². The molecule has 0 saturated heterocycles. The number of halogens is 3. The van der Waals surface area contributed by atoms with Gasteiger partial charge in [-0.2, -0.15) is 0 Å². The van der Waals surface area contributed by atoms with Gasteiger partial charge in [-0.05, 0) is 19.1 Å². The molecule has 1 N–H and O–H groups in total. The molecule has 0 saturated carbocycles. The summed E-state index contributed by atoms with van der Waals surface area (Å²) in [6, 6.07) is 2.39. The van der Waals surface area contributed by atoms with Crippen molar-refractivity contribution in [2.45, 2.75) is 6.92 Å². The van der Waals surface area contributed by atoms with Gasteiger partial charge < -0.3 is 5.21 Å². The van der Waals surface area contributed by atoms with Crippen molar-refractivity contribution in [2.24, 2.45) is 5.16 Å². The average Bonchev–Trinajstić information content (AvgIpc) is 2.10. The number of hydrogen-bond donors (Lipinski definition) is 1. The van der Waals surface area contributed by atoms with Crippen molar-refractivity contribution in [1.29, 1.82) is 0 Å². The highest BCUT2D eigenvalue weighted by Gasteiger charge is 2.09. The standard InChI is InChI=1S/C8H6Cl2FNO/c1-4(12-13)5-2-7(10)8(11)3-6(5)9/h2-3,13H,1H3/b12-4+. The smallest absolute Gasteiger partial charge is 0.143 e. The zero-order valence-corrected chi connectivity index (χ0v) is 8.19. The van der Waals surface area contributed by atoms with Crippen LogP contribution in [0, 0.1) is 5.82 Å². The van der Waals surface area contributed by atoms with E-state index in [1.807, 2.05) is 0 Å². The lowest BCUT2D eigenvalue weighted by Gasteiger charge is -2.03. The molecule has 2 nitrogen and oxygen atoms in total. The Bertz CT molecular complexity index is 365. The van der Waals surface area contributed by atoms with Gasteiger partial charge in [-0.25, -0.2) is 4.39 Å². The van der Waals surface area contributed by atoms with Gasteiger partial charge in [0.25, 0.3) is 0 Å².